The zero-order valence-electron chi connectivity index (χ0n) is 16.6. The quantitative estimate of drug-likeness (QED) is 0.612. The number of hydrogen-bond donors (Lipinski definition) is 4. The van der Waals surface area contributed by atoms with Crippen molar-refractivity contribution in [2.45, 2.75) is 50.0 Å². The molecule has 2 aromatic heterocycles. The van der Waals surface area contributed by atoms with Crippen LogP contribution in [0.2, 0.25) is 0 Å². The average molecular weight is 400 g/mol. The highest BCUT2D eigenvalue weighted by Crippen LogP contribution is 2.40. The van der Waals surface area contributed by atoms with Gasteiger partial charge in [0.15, 0.2) is 0 Å². The molecule has 2 aliphatic rings. The first-order chi connectivity index (χ1) is 13.9. The van der Waals surface area contributed by atoms with Crippen molar-refractivity contribution in [3.8, 4) is 0 Å². The number of carbonyl (C=O) groups excluding carboxylic acids is 1. The molecular formula is C21H28N4O4. The number of aliphatic hydroxyl groups excluding tert-OH is 1. The normalized spacial score (nSPS) is 27.0. The van der Waals surface area contributed by atoms with Gasteiger partial charge in [-0.25, -0.2) is 0 Å². The third-order valence-corrected chi connectivity index (χ3v) is 6.35. The van der Waals surface area contributed by atoms with Crippen LogP contribution in [0, 0.1) is 0 Å². The Morgan fingerprint density at radius 3 is 2.66 bits per heavy atom. The predicted octanol–water partition coefficient (Wildman–Crippen LogP) is 1.01. The second-order valence-electron chi connectivity index (χ2n) is 8.32. The molecular weight excluding hydrogens is 372 g/mol. The Morgan fingerprint density at radius 2 is 1.97 bits per heavy atom. The number of rotatable bonds is 4. The third kappa shape index (κ3) is 3.88. The number of carbonyl (C=O) groups is 1. The van der Waals surface area contributed by atoms with Gasteiger partial charge in [0, 0.05) is 44.2 Å². The number of aromatic nitrogens is 2. The van der Waals surface area contributed by atoms with Crippen molar-refractivity contribution in [1.82, 2.24) is 20.2 Å². The van der Waals surface area contributed by atoms with Crippen LogP contribution >= 0.6 is 0 Å². The van der Waals surface area contributed by atoms with E-state index in [1.54, 1.807) is 24.5 Å². The van der Waals surface area contributed by atoms with Crippen molar-refractivity contribution in [2.24, 2.45) is 0 Å². The zero-order valence-corrected chi connectivity index (χ0v) is 16.6. The van der Waals surface area contributed by atoms with Crippen LogP contribution in [0.1, 0.15) is 42.2 Å². The Labute approximate surface area is 169 Å². The van der Waals surface area contributed by atoms with E-state index in [1.165, 1.54) is 0 Å². The minimum Gasteiger partial charge on any atom is -0.388 e. The lowest BCUT2D eigenvalue weighted by Gasteiger charge is -2.53. The second-order valence-corrected chi connectivity index (χ2v) is 8.32. The van der Waals surface area contributed by atoms with Crippen molar-refractivity contribution in [2.75, 3.05) is 19.7 Å². The Bertz CT molecular complexity index is 901. The summed E-state index contributed by atoms with van der Waals surface area (Å²) in [6.45, 7) is 4.37. The predicted molar refractivity (Wildman–Crippen MR) is 108 cm³/mol. The van der Waals surface area contributed by atoms with Gasteiger partial charge in [0.2, 0.25) is 0 Å². The van der Waals surface area contributed by atoms with Crippen molar-refractivity contribution in [3.05, 3.63) is 58.3 Å². The average Bonchev–Trinajstić information content (AvgIpc) is 3.25. The largest absolute Gasteiger partial charge is 0.388 e. The van der Waals surface area contributed by atoms with Crippen molar-refractivity contribution >= 4 is 5.91 Å². The molecule has 4 rings (SSSR count). The highest BCUT2D eigenvalue weighted by molar-refractivity contribution is 5.92. The highest BCUT2D eigenvalue weighted by Gasteiger charge is 2.53. The highest BCUT2D eigenvalue weighted by atomic mass is 16.5. The number of hydrogen-bond acceptors (Lipinski definition) is 5. The molecule has 0 bridgehead atoms. The van der Waals surface area contributed by atoms with E-state index in [0.29, 0.717) is 51.2 Å². The number of amides is 1. The fourth-order valence-electron chi connectivity index (χ4n) is 4.52. The van der Waals surface area contributed by atoms with E-state index in [1.807, 2.05) is 19.1 Å². The number of pyridine rings is 1. The lowest BCUT2D eigenvalue weighted by molar-refractivity contribution is -0.205. The SMILES string of the molecule is C[C@]1(NC(=O)c2ccc[nH]2)CCOC2(CCN(Cc3ccc[nH]c3=O)CC2)[C@@H]1O. The van der Waals surface area contributed by atoms with Crippen LogP contribution in [-0.4, -0.2) is 62.8 Å². The minimum atomic E-state index is -0.815. The van der Waals surface area contributed by atoms with Crippen LogP contribution in [0.5, 0.6) is 0 Å². The Kier molecular flexibility index (Phi) is 5.33. The summed E-state index contributed by atoms with van der Waals surface area (Å²) >= 11 is 0. The van der Waals surface area contributed by atoms with Crippen LogP contribution < -0.4 is 10.9 Å². The third-order valence-electron chi connectivity index (χ3n) is 6.35. The molecule has 0 saturated carbocycles. The van der Waals surface area contributed by atoms with Crippen LogP contribution in [0.25, 0.3) is 0 Å². The van der Waals surface area contributed by atoms with Gasteiger partial charge in [-0.1, -0.05) is 6.07 Å². The van der Waals surface area contributed by atoms with Gasteiger partial charge in [-0.2, -0.15) is 0 Å². The molecule has 2 saturated heterocycles. The fourth-order valence-corrected chi connectivity index (χ4v) is 4.52. The summed E-state index contributed by atoms with van der Waals surface area (Å²) in [5, 5.41) is 14.3. The Morgan fingerprint density at radius 1 is 1.24 bits per heavy atom. The molecule has 8 heteroatoms. The summed E-state index contributed by atoms with van der Waals surface area (Å²) in [4.78, 5) is 32.3. The van der Waals surface area contributed by atoms with Crippen LogP contribution in [0.15, 0.2) is 41.5 Å². The molecule has 0 aromatic carbocycles. The lowest BCUT2D eigenvalue weighted by atomic mass is 9.73. The molecule has 29 heavy (non-hydrogen) atoms. The number of nitrogens with zero attached hydrogens (tertiary/aromatic N) is 1. The van der Waals surface area contributed by atoms with Gasteiger partial charge in [-0.05, 0) is 44.4 Å². The maximum absolute atomic E-state index is 12.5. The van der Waals surface area contributed by atoms with E-state index in [0.717, 1.165) is 5.56 Å². The minimum absolute atomic E-state index is 0.0682. The molecule has 0 aliphatic carbocycles. The molecule has 0 radical (unpaired) electrons. The summed E-state index contributed by atoms with van der Waals surface area (Å²) in [7, 11) is 0. The number of H-pyrrole nitrogens is 2. The second kappa shape index (κ2) is 7.78. The number of aromatic amines is 2. The molecule has 2 aliphatic heterocycles. The lowest BCUT2D eigenvalue weighted by Crippen LogP contribution is -2.69. The van der Waals surface area contributed by atoms with E-state index in [9.17, 15) is 14.7 Å². The number of ether oxygens (including phenoxy) is 1. The van der Waals surface area contributed by atoms with E-state index in [2.05, 4.69) is 20.2 Å². The summed E-state index contributed by atoms with van der Waals surface area (Å²) in [6.07, 6.45) is 4.36. The fraction of sp³-hybridized carbons (Fsp3) is 0.524. The summed E-state index contributed by atoms with van der Waals surface area (Å²) in [5.74, 6) is -0.227. The van der Waals surface area contributed by atoms with Gasteiger partial charge in [0.25, 0.3) is 11.5 Å². The number of piperidine rings is 1. The van der Waals surface area contributed by atoms with E-state index < -0.39 is 17.2 Å². The molecule has 1 amide bonds. The van der Waals surface area contributed by atoms with Crippen molar-refractivity contribution in [1.29, 1.82) is 0 Å². The molecule has 1 spiro atoms. The molecule has 8 nitrogen and oxygen atoms in total. The number of aliphatic hydroxyl groups is 1. The molecule has 2 aromatic rings. The first kappa shape index (κ1) is 19.9. The van der Waals surface area contributed by atoms with Crippen LogP contribution in [0.3, 0.4) is 0 Å². The van der Waals surface area contributed by atoms with E-state index in [4.69, 9.17) is 4.74 Å². The summed E-state index contributed by atoms with van der Waals surface area (Å²) in [5.41, 5.74) is -0.311. The van der Waals surface area contributed by atoms with Crippen LogP contribution in [-0.2, 0) is 11.3 Å². The zero-order chi connectivity index (χ0) is 20.5. The monoisotopic (exact) mass is 400 g/mol. The number of nitrogens with one attached hydrogen (secondary N) is 3. The summed E-state index contributed by atoms with van der Waals surface area (Å²) in [6, 6.07) is 7.15. The van der Waals surface area contributed by atoms with Gasteiger partial charge in [-0.15, -0.1) is 0 Å². The molecule has 156 valence electrons. The molecule has 4 heterocycles. The van der Waals surface area contributed by atoms with E-state index in [-0.39, 0.29) is 11.5 Å². The van der Waals surface area contributed by atoms with Gasteiger partial charge < -0.3 is 25.1 Å². The van der Waals surface area contributed by atoms with Crippen molar-refractivity contribution in [3.63, 3.8) is 0 Å². The Balaban J connectivity index is 1.42. The first-order valence-corrected chi connectivity index (χ1v) is 10.1. The van der Waals surface area contributed by atoms with Gasteiger partial charge in [0.05, 0.1) is 11.1 Å². The Hall–Kier alpha value is -2.42. The molecule has 2 atom stereocenters. The maximum Gasteiger partial charge on any atom is 0.268 e. The first-order valence-electron chi connectivity index (χ1n) is 10.1. The molecule has 0 unspecified atom stereocenters. The van der Waals surface area contributed by atoms with Gasteiger partial charge in [0.1, 0.15) is 11.8 Å². The number of likely N-dealkylation sites (tertiary alicyclic amines) is 1. The van der Waals surface area contributed by atoms with E-state index >= 15 is 0 Å². The molecule has 2 fully saturated rings. The molecule has 4 N–H and O–H groups in total. The summed E-state index contributed by atoms with van der Waals surface area (Å²) < 4.78 is 6.11. The van der Waals surface area contributed by atoms with Crippen LogP contribution in [0.4, 0.5) is 0 Å². The van der Waals surface area contributed by atoms with Crippen molar-refractivity contribution < 1.29 is 14.6 Å². The smallest absolute Gasteiger partial charge is 0.268 e. The maximum atomic E-state index is 12.5. The standard InChI is InChI=1S/C21H28N4O4/c1-20(24-18(27)16-5-3-9-22-16)8-13-29-21(19(20)28)6-11-25(12-7-21)14-15-4-2-10-23-17(15)26/h2-5,9-10,19,22,28H,6-8,11-14H2,1H3,(H,23,26)(H,24,27)/t19-,20+/m1/s1. The topological polar surface area (TPSA) is 110 Å². The van der Waals surface area contributed by atoms with Gasteiger partial charge >= 0.3 is 0 Å². The van der Waals surface area contributed by atoms with Gasteiger partial charge in [-0.3, -0.25) is 14.5 Å².